The first-order chi connectivity index (χ1) is 17.2. The van der Waals surface area contributed by atoms with E-state index in [1.807, 2.05) is 25.1 Å². The van der Waals surface area contributed by atoms with Gasteiger partial charge < -0.3 is 4.74 Å². The predicted octanol–water partition coefficient (Wildman–Crippen LogP) is 9.53. The van der Waals surface area contributed by atoms with Crippen molar-refractivity contribution in [2.45, 2.75) is 84.0 Å². The largest absolute Gasteiger partial charge is 0.494 e. The van der Waals surface area contributed by atoms with E-state index in [9.17, 15) is 0 Å². The van der Waals surface area contributed by atoms with Gasteiger partial charge in [-0.2, -0.15) is 0 Å². The number of benzene rings is 3. The summed E-state index contributed by atoms with van der Waals surface area (Å²) in [6.45, 7) is 4.96. The number of rotatable bonds is 11. The van der Waals surface area contributed by atoms with Crippen molar-refractivity contribution < 1.29 is 9.13 Å². The zero-order valence-electron chi connectivity index (χ0n) is 21.6. The summed E-state index contributed by atoms with van der Waals surface area (Å²) in [7, 11) is 0. The average Bonchev–Trinajstić information content (AvgIpc) is 2.89. The standard InChI is InChI=1S/C33H41FO/c1-3-5-6-7-25-12-18-29(19-13-25)32-23-20-30(24-33(32)34)28-16-10-26(11-17-28)8-9-27-14-21-31(22-15-27)35-4-2/h10-11,14-17,20-25,29H,3-9,12-13,18-19H2,1-2H3. The number of hydrogen-bond acceptors (Lipinski definition) is 1. The minimum absolute atomic E-state index is 0.0310. The molecule has 1 fully saturated rings. The van der Waals surface area contributed by atoms with Gasteiger partial charge in [-0.05, 0) is 103 Å². The molecule has 1 aliphatic carbocycles. The Morgan fingerprint density at radius 3 is 1.97 bits per heavy atom. The first kappa shape index (κ1) is 25.5. The van der Waals surface area contributed by atoms with Gasteiger partial charge in [0.2, 0.25) is 0 Å². The lowest BCUT2D eigenvalue weighted by molar-refractivity contribution is 0.299. The molecule has 35 heavy (non-hydrogen) atoms. The summed E-state index contributed by atoms with van der Waals surface area (Å²) in [5, 5.41) is 0. The number of aryl methyl sites for hydroxylation is 2. The van der Waals surface area contributed by atoms with Crippen LogP contribution in [-0.4, -0.2) is 6.61 Å². The van der Waals surface area contributed by atoms with Crippen LogP contribution in [0, 0.1) is 11.7 Å². The predicted molar refractivity (Wildman–Crippen MR) is 146 cm³/mol. The van der Waals surface area contributed by atoms with Gasteiger partial charge in [0.25, 0.3) is 0 Å². The minimum Gasteiger partial charge on any atom is -0.494 e. The Morgan fingerprint density at radius 1 is 0.743 bits per heavy atom. The van der Waals surface area contributed by atoms with Crippen LogP contribution in [0.5, 0.6) is 5.75 Å². The van der Waals surface area contributed by atoms with Crippen LogP contribution < -0.4 is 4.74 Å². The zero-order chi connectivity index (χ0) is 24.5. The number of ether oxygens (including phenoxy) is 1. The summed E-state index contributed by atoms with van der Waals surface area (Å²) in [6.07, 6.45) is 12.1. The second-order valence-corrected chi connectivity index (χ2v) is 10.2. The first-order valence-corrected chi connectivity index (χ1v) is 13.8. The van der Waals surface area contributed by atoms with Crippen LogP contribution >= 0.6 is 0 Å². The zero-order valence-corrected chi connectivity index (χ0v) is 21.6. The molecule has 1 nitrogen and oxygen atoms in total. The van der Waals surface area contributed by atoms with Crippen LogP contribution in [-0.2, 0) is 12.8 Å². The van der Waals surface area contributed by atoms with Crippen LogP contribution in [0.15, 0.2) is 66.7 Å². The molecule has 3 aromatic carbocycles. The van der Waals surface area contributed by atoms with Crippen molar-refractivity contribution in [2.24, 2.45) is 5.92 Å². The van der Waals surface area contributed by atoms with E-state index in [-0.39, 0.29) is 5.82 Å². The van der Waals surface area contributed by atoms with Crippen LogP contribution in [0.2, 0.25) is 0 Å². The van der Waals surface area contributed by atoms with Gasteiger partial charge in [-0.25, -0.2) is 4.39 Å². The van der Waals surface area contributed by atoms with Crippen molar-refractivity contribution in [1.29, 1.82) is 0 Å². The van der Waals surface area contributed by atoms with E-state index in [2.05, 4.69) is 49.4 Å². The Balaban J connectivity index is 1.31. The van der Waals surface area contributed by atoms with Crippen molar-refractivity contribution in [1.82, 2.24) is 0 Å². The van der Waals surface area contributed by atoms with Gasteiger partial charge in [-0.15, -0.1) is 0 Å². The lowest BCUT2D eigenvalue weighted by Crippen LogP contribution is -2.14. The highest BCUT2D eigenvalue weighted by molar-refractivity contribution is 5.64. The summed E-state index contributed by atoms with van der Waals surface area (Å²) < 4.78 is 20.6. The number of unbranched alkanes of at least 4 members (excludes halogenated alkanes) is 2. The van der Waals surface area contributed by atoms with Crippen LogP contribution in [0.4, 0.5) is 4.39 Å². The second kappa shape index (κ2) is 12.9. The van der Waals surface area contributed by atoms with Gasteiger partial charge >= 0.3 is 0 Å². The molecule has 0 bridgehead atoms. The Labute approximate surface area is 211 Å². The highest BCUT2D eigenvalue weighted by Crippen LogP contribution is 2.39. The molecule has 0 saturated heterocycles. The van der Waals surface area contributed by atoms with E-state index < -0.39 is 0 Å². The van der Waals surface area contributed by atoms with Gasteiger partial charge in [0.15, 0.2) is 0 Å². The molecule has 1 aliphatic rings. The monoisotopic (exact) mass is 472 g/mol. The van der Waals surface area contributed by atoms with E-state index >= 15 is 4.39 Å². The third-order valence-corrected chi connectivity index (χ3v) is 7.73. The van der Waals surface area contributed by atoms with Crippen molar-refractivity contribution >= 4 is 0 Å². The van der Waals surface area contributed by atoms with Crippen molar-refractivity contribution in [2.75, 3.05) is 6.61 Å². The van der Waals surface area contributed by atoms with Crippen molar-refractivity contribution in [3.8, 4) is 16.9 Å². The molecule has 0 spiro atoms. The van der Waals surface area contributed by atoms with Gasteiger partial charge in [0, 0.05) is 0 Å². The van der Waals surface area contributed by atoms with E-state index in [1.165, 1.54) is 49.7 Å². The molecule has 0 atom stereocenters. The molecule has 3 aromatic rings. The average molecular weight is 473 g/mol. The van der Waals surface area contributed by atoms with E-state index in [4.69, 9.17) is 4.74 Å². The highest BCUT2D eigenvalue weighted by Gasteiger charge is 2.24. The van der Waals surface area contributed by atoms with Crippen LogP contribution in [0.1, 0.15) is 87.8 Å². The van der Waals surface area contributed by atoms with Crippen LogP contribution in [0.3, 0.4) is 0 Å². The van der Waals surface area contributed by atoms with Crippen LogP contribution in [0.25, 0.3) is 11.1 Å². The quantitative estimate of drug-likeness (QED) is 0.252. The third-order valence-electron chi connectivity index (χ3n) is 7.73. The molecular weight excluding hydrogens is 431 g/mol. The van der Waals surface area contributed by atoms with Gasteiger partial charge in [-0.3, -0.25) is 0 Å². The normalized spacial score (nSPS) is 17.9. The number of hydrogen-bond donors (Lipinski definition) is 0. The smallest absolute Gasteiger partial charge is 0.127 e. The van der Waals surface area contributed by atoms with Gasteiger partial charge in [0.1, 0.15) is 11.6 Å². The maximum absolute atomic E-state index is 15.1. The summed E-state index contributed by atoms with van der Waals surface area (Å²) in [4.78, 5) is 0. The third kappa shape index (κ3) is 7.19. The van der Waals surface area contributed by atoms with Crippen molar-refractivity contribution in [3.63, 3.8) is 0 Å². The Bertz CT molecular complexity index is 1030. The van der Waals surface area contributed by atoms with E-state index in [0.29, 0.717) is 12.5 Å². The minimum atomic E-state index is -0.0310. The van der Waals surface area contributed by atoms with Crippen molar-refractivity contribution in [3.05, 3.63) is 89.2 Å². The summed E-state index contributed by atoms with van der Waals surface area (Å²) in [6, 6.07) is 22.9. The van der Waals surface area contributed by atoms with E-state index in [0.717, 1.165) is 54.0 Å². The second-order valence-electron chi connectivity index (χ2n) is 10.2. The Morgan fingerprint density at radius 2 is 1.37 bits per heavy atom. The summed E-state index contributed by atoms with van der Waals surface area (Å²) in [5.41, 5.74) is 5.59. The maximum atomic E-state index is 15.1. The first-order valence-electron chi connectivity index (χ1n) is 13.8. The summed E-state index contributed by atoms with van der Waals surface area (Å²) >= 11 is 0. The fourth-order valence-corrected chi connectivity index (χ4v) is 5.55. The topological polar surface area (TPSA) is 9.23 Å². The molecule has 4 rings (SSSR count). The molecule has 2 heteroatoms. The maximum Gasteiger partial charge on any atom is 0.127 e. The molecule has 0 aromatic heterocycles. The summed E-state index contributed by atoms with van der Waals surface area (Å²) in [5.74, 6) is 2.13. The molecule has 186 valence electrons. The lowest BCUT2D eigenvalue weighted by atomic mass is 9.76. The molecule has 0 unspecified atom stereocenters. The molecule has 0 amide bonds. The fraction of sp³-hybridized carbons (Fsp3) is 0.455. The Kier molecular flexibility index (Phi) is 9.40. The molecule has 0 N–H and O–H groups in total. The molecule has 0 aliphatic heterocycles. The molecular formula is C33H41FO. The van der Waals surface area contributed by atoms with E-state index in [1.54, 1.807) is 6.07 Å². The molecule has 1 saturated carbocycles. The van der Waals surface area contributed by atoms with Gasteiger partial charge in [-0.1, -0.05) is 81.1 Å². The lowest BCUT2D eigenvalue weighted by Gasteiger charge is -2.29. The SMILES string of the molecule is CCCCCC1CCC(c2ccc(-c3ccc(CCc4ccc(OCC)cc4)cc3)cc2F)CC1. The molecule has 0 radical (unpaired) electrons. The highest BCUT2D eigenvalue weighted by atomic mass is 19.1. The van der Waals surface area contributed by atoms with Gasteiger partial charge in [0.05, 0.1) is 6.61 Å². The molecule has 0 heterocycles. The number of halogens is 1. The Hall–Kier alpha value is -2.61. The fourth-order valence-electron chi connectivity index (χ4n) is 5.55.